The lowest BCUT2D eigenvalue weighted by molar-refractivity contribution is -0.130. The van der Waals surface area contributed by atoms with Crippen molar-refractivity contribution >= 4 is 17.1 Å². The quantitative estimate of drug-likeness (QED) is 0.536. The number of hydrogen-bond acceptors (Lipinski definition) is 1. The third-order valence-corrected chi connectivity index (χ3v) is 3.92. The van der Waals surface area contributed by atoms with Crippen LogP contribution in [-0.4, -0.2) is 11.1 Å². The Morgan fingerprint density at radius 2 is 1.12 bits per heavy atom. The molecule has 0 unspecified atom stereocenters. The molecule has 2 heteroatoms. The zero-order valence-electron chi connectivity index (χ0n) is 13.2. The maximum Gasteiger partial charge on any atom is 0.336 e. The summed E-state index contributed by atoms with van der Waals surface area (Å²) < 4.78 is 0. The molecule has 3 rings (SSSR count). The normalized spacial score (nSPS) is 11.7. The van der Waals surface area contributed by atoms with Gasteiger partial charge in [-0.15, -0.1) is 0 Å². The summed E-state index contributed by atoms with van der Waals surface area (Å²) in [4.78, 5) is 12.0. The minimum Gasteiger partial charge on any atom is -0.478 e. The predicted octanol–water partition coefficient (Wildman–Crippen LogP) is 4.92. The van der Waals surface area contributed by atoms with E-state index >= 15 is 0 Å². The molecular weight excluding hydrogens is 296 g/mol. The second-order valence-electron chi connectivity index (χ2n) is 5.55. The van der Waals surface area contributed by atoms with Gasteiger partial charge in [-0.3, -0.25) is 0 Å². The summed E-state index contributed by atoms with van der Waals surface area (Å²) in [6.45, 7) is 0. The second kappa shape index (κ2) is 7.42. The number of carboxylic acid groups (broad SMARTS) is 1. The average Bonchev–Trinajstić information content (AvgIpc) is 2.63. The summed E-state index contributed by atoms with van der Waals surface area (Å²) in [6, 6.07) is 29.0. The summed E-state index contributed by atoms with van der Waals surface area (Å²) in [5, 5.41) is 9.88. The van der Waals surface area contributed by atoms with E-state index in [9.17, 15) is 9.90 Å². The van der Waals surface area contributed by atoms with Crippen molar-refractivity contribution in [2.75, 3.05) is 0 Å². The van der Waals surface area contributed by atoms with E-state index in [4.69, 9.17) is 0 Å². The first-order valence-corrected chi connectivity index (χ1v) is 7.87. The zero-order valence-corrected chi connectivity index (χ0v) is 13.2. The fourth-order valence-electron chi connectivity index (χ4n) is 2.81. The van der Waals surface area contributed by atoms with E-state index in [-0.39, 0.29) is 0 Å². The molecule has 3 aromatic rings. The third kappa shape index (κ3) is 3.61. The van der Waals surface area contributed by atoms with Gasteiger partial charge in [0.25, 0.3) is 0 Å². The van der Waals surface area contributed by atoms with Gasteiger partial charge in [-0.1, -0.05) is 91.0 Å². The number of rotatable bonds is 5. The molecule has 0 spiro atoms. The number of benzene rings is 3. The number of aliphatic carboxylic acids is 1. The van der Waals surface area contributed by atoms with Crippen LogP contribution in [0.15, 0.2) is 91.0 Å². The summed E-state index contributed by atoms with van der Waals surface area (Å²) in [7, 11) is 0. The van der Waals surface area contributed by atoms with E-state index in [2.05, 4.69) is 0 Å². The number of hydrogen-bond donors (Lipinski definition) is 1. The van der Waals surface area contributed by atoms with Crippen LogP contribution in [0.25, 0.3) is 11.1 Å². The van der Waals surface area contributed by atoms with Crippen molar-refractivity contribution in [3.05, 3.63) is 108 Å². The first kappa shape index (κ1) is 15.8. The zero-order chi connectivity index (χ0) is 16.8. The second-order valence-corrected chi connectivity index (χ2v) is 5.55. The highest BCUT2D eigenvalue weighted by atomic mass is 16.4. The van der Waals surface area contributed by atoms with Crippen LogP contribution in [-0.2, 0) is 11.2 Å². The highest BCUT2D eigenvalue weighted by Crippen LogP contribution is 2.29. The molecule has 1 N–H and O–H groups in total. The SMILES string of the molecule is O=C(O)C(=C(Cc1ccccc1)c1ccccc1)c1ccccc1. The molecule has 0 saturated carbocycles. The van der Waals surface area contributed by atoms with Gasteiger partial charge in [0, 0.05) is 0 Å². The Morgan fingerprint density at radius 3 is 1.62 bits per heavy atom. The van der Waals surface area contributed by atoms with Crippen LogP contribution in [0.4, 0.5) is 0 Å². The van der Waals surface area contributed by atoms with Crippen molar-refractivity contribution in [1.29, 1.82) is 0 Å². The molecule has 0 radical (unpaired) electrons. The van der Waals surface area contributed by atoms with E-state index in [1.807, 2.05) is 91.0 Å². The van der Waals surface area contributed by atoms with Gasteiger partial charge in [0.05, 0.1) is 5.57 Å². The molecular formula is C22H18O2. The minimum absolute atomic E-state index is 0.352. The predicted molar refractivity (Wildman–Crippen MR) is 97.5 cm³/mol. The van der Waals surface area contributed by atoms with E-state index in [0.717, 1.165) is 22.3 Å². The van der Waals surface area contributed by atoms with Crippen molar-refractivity contribution < 1.29 is 9.90 Å². The van der Waals surface area contributed by atoms with Gasteiger partial charge in [0.2, 0.25) is 0 Å². The minimum atomic E-state index is -0.906. The molecule has 3 aromatic carbocycles. The maximum atomic E-state index is 12.0. The Hall–Kier alpha value is -3.13. The highest BCUT2D eigenvalue weighted by molar-refractivity contribution is 6.23. The molecule has 24 heavy (non-hydrogen) atoms. The van der Waals surface area contributed by atoms with Gasteiger partial charge in [-0.25, -0.2) is 4.79 Å². The Kier molecular flexibility index (Phi) is 4.87. The molecule has 0 saturated heterocycles. The van der Waals surface area contributed by atoms with Crippen molar-refractivity contribution in [2.45, 2.75) is 6.42 Å². The van der Waals surface area contributed by atoms with Crippen LogP contribution in [0.5, 0.6) is 0 Å². The summed E-state index contributed by atoms with van der Waals surface area (Å²) in [5.74, 6) is -0.906. The molecule has 0 amide bonds. The van der Waals surface area contributed by atoms with Crippen molar-refractivity contribution in [3.63, 3.8) is 0 Å². The Morgan fingerprint density at radius 1 is 0.667 bits per heavy atom. The van der Waals surface area contributed by atoms with E-state index in [1.54, 1.807) is 0 Å². The maximum absolute atomic E-state index is 12.0. The van der Waals surface area contributed by atoms with E-state index < -0.39 is 5.97 Å². The monoisotopic (exact) mass is 314 g/mol. The molecule has 0 aliphatic heterocycles. The fourth-order valence-corrected chi connectivity index (χ4v) is 2.81. The first-order chi connectivity index (χ1) is 11.8. The number of allylic oxidation sites excluding steroid dienone is 1. The molecule has 0 aliphatic carbocycles. The standard InChI is InChI=1S/C22H18O2/c23-22(24)21(19-14-8-3-9-15-19)20(18-12-6-2-7-13-18)16-17-10-4-1-5-11-17/h1-15H,16H2,(H,23,24). The molecule has 0 atom stereocenters. The van der Waals surface area contributed by atoms with Gasteiger partial charge < -0.3 is 5.11 Å². The fraction of sp³-hybridized carbons (Fsp3) is 0.0455. The molecule has 0 aliphatic rings. The molecule has 0 fully saturated rings. The summed E-state index contributed by atoms with van der Waals surface area (Å²) in [5.41, 5.74) is 3.92. The molecule has 0 bridgehead atoms. The largest absolute Gasteiger partial charge is 0.478 e. The lowest BCUT2D eigenvalue weighted by atomic mass is 9.90. The van der Waals surface area contributed by atoms with Crippen LogP contribution in [0.2, 0.25) is 0 Å². The first-order valence-electron chi connectivity index (χ1n) is 7.87. The lowest BCUT2D eigenvalue weighted by Gasteiger charge is -2.14. The molecule has 0 aromatic heterocycles. The molecule has 2 nitrogen and oxygen atoms in total. The van der Waals surface area contributed by atoms with Gasteiger partial charge >= 0.3 is 5.97 Å². The van der Waals surface area contributed by atoms with Gasteiger partial charge in [-0.2, -0.15) is 0 Å². The Bertz CT molecular complexity index is 835. The van der Waals surface area contributed by atoms with Crippen molar-refractivity contribution in [1.82, 2.24) is 0 Å². The van der Waals surface area contributed by atoms with Gasteiger partial charge in [-0.05, 0) is 28.7 Å². The van der Waals surface area contributed by atoms with Crippen LogP contribution >= 0.6 is 0 Å². The van der Waals surface area contributed by atoms with Crippen LogP contribution in [0, 0.1) is 0 Å². The van der Waals surface area contributed by atoms with Crippen LogP contribution in [0.3, 0.4) is 0 Å². The Balaban J connectivity index is 2.19. The van der Waals surface area contributed by atoms with Crippen LogP contribution in [0.1, 0.15) is 16.7 Å². The summed E-state index contributed by atoms with van der Waals surface area (Å²) >= 11 is 0. The lowest BCUT2D eigenvalue weighted by Crippen LogP contribution is -2.05. The highest BCUT2D eigenvalue weighted by Gasteiger charge is 2.18. The summed E-state index contributed by atoms with van der Waals surface area (Å²) in [6.07, 6.45) is 0.571. The molecule has 0 heterocycles. The van der Waals surface area contributed by atoms with Crippen molar-refractivity contribution in [2.24, 2.45) is 0 Å². The smallest absolute Gasteiger partial charge is 0.336 e. The van der Waals surface area contributed by atoms with Gasteiger partial charge in [0.15, 0.2) is 0 Å². The van der Waals surface area contributed by atoms with E-state index in [1.165, 1.54) is 0 Å². The number of carbonyl (C=O) groups is 1. The van der Waals surface area contributed by atoms with Gasteiger partial charge in [0.1, 0.15) is 0 Å². The van der Waals surface area contributed by atoms with Crippen LogP contribution < -0.4 is 0 Å². The Labute approximate surface area is 141 Å². The van der Waals surface area contributed by atoms with E-state index in [0.29, 0.717) is 12.0 Å². The van der Waals surface area contributed by atoms with Crippen molar-refractivity contribution in [3.8, 4) is 0 Å². The topological polar surface area (TPSA) is 37.3 Å². The molecule has 118 valence electrons. The third-order valence-electron chi connectivity index (χ3n) is 3.92. The average molecular weight is 314 g/mol. The number of carboxylic acids is 1.